The maximum Gasteiger partial charge on any atom is 0.291 e. The molecule has 0 bridgehead atoms. The molecule has 2 heterocycles. The summed E-state index contributed by atoms with van der Waals surface area (Å²) >= 11 is 0. The number of nitrogens with one attached hydrogen (secondary N) is 1. The van der Waals surface area contributed by atoms with Gasteiger partial charge in [-0.25, -0.2) is 9.37 Å². The molecule has 168 valence electrons. The molecule has 6 heteroatoms. The minimum Gasteiger partial charge on any atom is -0.449 e. The van der Waals surface area contributed by atoms with Crippen LogP contribution in [0.1, 0.15) is 53.4 Å². The van der Waals surface area contributed by atoms with Crippen LogP contribution in [-0.4, -0.2) is 15.5 Å². The van der Waals surface area contributed by atoms with Crippen molar-refractivity contribution in [3.8, 4) is 22.7 Å². The van der Waals surface area contributed by atoms with Gasteiger partial charge in [0.15, 0.2) is 11.5 Å². The molecular weight excluding hydrogens is 417 g/mol. The molecule has 1 fully saturated rings. The van der Waals surface area contributed by atoms with E-state index in [1.165, 1.54) is 30.5 Å². The van der Waals surface area contributed by atoms with Crippen molar-refractivity contribution >= 4 is 11.6 Å². The van der Waals surface area contributed by atoms with Gasteiger partial charge in [0.2, 0.25) is 0 Å². The summed E-state index contributed by atoms with van der Waals surface area (Å²) < 4.78 is 21.7. The van der Waals surface area contributed by atoms with Gasteiger partial charge >= 0.3 is 0 Å². The number of hydrogen-bond acceptors (Lipinski definition) is 3. The summed E-state index contributed by atoms with van der Waals surface area (Å²) in [4.78, 5) is 17.6. The third-order valence-electron chi connectivity index (χ3n) is 6.34. The molecule has 2 aromatic heterocycles. The van der Waals surface area contributed by atoms with Crippen LogP contribution >= 0.6 is 0 Å². The van der Waals surface area contributed by atoms with Gasteiger partial charge in [0.1, 0.15) is 11.5 Å². The van der Waals surface area contributed by atoms with E-state index in [0.717, 1.165) is 29.8 Å². The van der Waals surface area contributed by atoms with Crippen molar-refractivity contribution < 1.29 is 13.6 Å². The molecule has 5 nitrogen and oxygen atoms in total. The smallest absolute Gasteiger partial charge is 0.291 e. The Morgan fingerprint density at radius 1 is 1.06 bits per heavy atom. The van der Waals surface area contributed by atoms with Crippen molar-refractivity contribution in [3.05, 3.63) is 83.6 Å². The van der Waals surface area contributed by atoms with Crippen LogP contribution in [0.3, 0.4) is 0 Å². The first-order valence-electron chi connectivity index (χ1n) is 11.3. The number of furan rings is 1. The van der Waals surface area contributed by atoms with Gasteiger partial charge in [-0.15, -0.1) is 0 Å². The summed E-state index contributed by atoms with van der Waals surface area (Å²) in [7, 11) is 0. The molecule has 0 spiro atoms. The van der Waals surface area contributed by atoms with E-state index in [1.807, 2.05) is 12.4 Å². The summed E-state index contributed by atoms with van der Waals surface area (Å²) in [6.07, 6.45) is 6.50. The van der Waals surface area contributed by atoms with Gasteiger partial charge in [-0.2, -0.15) is 0 Å². The summed E-state index contributed by atoms with van der Waals surface area (Å²) in [5.41, 5.74) is 5.13. The zero-order chi connectivity index (χ0) is 22.9. The van der Waals surface area contributed by atoms with Crippen molar-refractivity contribution in [2.45, 2.75) is 45.6 Å². The first-order valence-corrected chi connectivity index (χ1v) is 11.3. The Kier molecular flexibility index (Phi) is 5.58. The third kappa shape index (κ3) is 4.21. The Bertz CT molecular complexity index is 1300. The lowest BCUT2D eigenvalue weighted by atomic mass is 10.1. The fraction of sp³-hybridized carbons (Fsp3) is 0.259. The Morgan fingerprint density at radius 3 is 2.55 bits per heavy atom. The quantitative estimate of drug-likeness (QED) is 0.364. The number of nitrogens with zero attached hydrogens (tertiary/aromatic N) is 2. The van der Waals surface area contributed by atoms with Gasteiger partial charge in [0.25, 0.3) is 5.91 Å². The van der Waals surface area contributed by atoms with Crippen molar-refractivity contribution in [1.82, 2.24) is 9.55 Å². The number of amides is 1. The summed E-state index contributed by atoms with van der Waals surface area (Å²) in [5.74, 6) is 0.0908. The monoisotopic (exact) mass is 443 g/mol. The highest BCUT2D eigenvalue weighted by atomic mass is 19.1. The molecular formula is C27H26FN3O2. The van der Waals surface area contributed by atoms with Crippen LogP contribution < -0.4 is 5.32 Å². The molecule has 1 amide bonds. The zero-order valence-corrected chi connectivity index (χ0v) is 18.8. The van der Waals surface area contributed by atoms with Crippen molar-refractivity contribution in [1.29, 1.82) is 0 Å². The molecule has 0 saturated heterocycles. The second-order valence-electron chi connectivity index (χ2n) is 8.73. The van der Waals surface area contributed by atoms with Crippen LogP contribution in [-0.2, 0) is 0 Å². The zero-order valence-electron chi connectivity index (χ0n) is 18.8. The van der Waals surface area contributed by atoms with E-state index in [-0.39, 0.29) is 17.5 Å². The number of imidazole rings is 1. The van der Waals surface area contributed by atoms with E-state index in [9.17, 15) is 9.18 Å². The SMILES string of the molecule is Cc1ccc(-c2ncn(C3CCCC3)c2-c2ccc(C(=O)Nc3ccc(F)cc3C)o2)cc1. The van der Waals surface area contributed by atoms with E-state index in [1.54, 1.807) is 19.1 Å². The number of carbonyl (C=O) groups is 1. The number of halogens is 1. The highest BCUT2D eigenvalue weighted by Gasteiger charge is 2.26. The minimum atomic E-state index is -0.375. The minimum absolute atomic E-state index is 0.197. The number of anilines is 1. The van der Waals surface area contributed by atoms with Gasteiger partial charge in [-0.1, -0.05) is 42.7 Å². The van der Waals surface area contributed by atoms with E-state index in [4.69, 9.17) is 9.40 Å². The Labute approximate surface area is 192 Å². The maximum absolute atomic E-state index is 13.4. The van der Waals surface area contributed by atoms with Crippen LogP contribution in [0.2, 0.25) is 0 Å². The third-order valence-corrected chi connectivity index (χ3v) is 6.34. The normalized spacial score (nSPS) is 14.0. The van der Waals surface area contributed by atoms with Gasteiger partial charge in [0, 0.05) is 17.3 Å². The molecule has 5 rings (SSSR count). The van der Waals surface area contributed by atoms with Gasteiger partial charge < -0.3 is 14.3 Å². The Hall–Kier alpha value is -3.67. The van der Waals surface area contributed by atoms with E-state index in [0.29, 0.717) is 23.1 Å². The average Bonchev–Trinajstić information content (AvgIpc) is 3.56. The lowest BCUT2D eigenvalue weighted by molar-refractivity contribution is 0.0997. The molecule has 0 atom stereocenters. The molecule has 0 radical (unpaired) electrons. The van der Waals surface area contributed by atoms with Crippen LogP contribution in [0, 0.1) is 19.7 Å². The van der Waals surface area contributed by atoms with Crippen molar-refractivity contribution in [3.63, 3.8) is 0 Å². The fourth-order valence-electron chi connectivity index (χ4n) is 4.53. The first-order chi connectivity index (χ1) is 16.0. The first kappa shape index (κ1) is 21.2. The standard InChI is InChI=1S/C27H26FN3O2/c1-17-7-9-19(10-8-17)25-26(31(16-29-25)21-5-3-4-6-21)23-13-14-24(33-23)27(32)30-22-12-11-20(28)15-18(22)2/h7-16,21H,3-6H2,1-2H3,(H,30,32). The van der Waals surface area contributed by atoms with Crippen molar-refractivity contribution in [2.24, 2.45) is 0 Å². The lowest BCUT2D eigenvalue weighted by Crippen LogP contribution is -2.12. The maximum atomic E-state index is 13.4. The highest BCUT2D eigenvalue weighted by Crippen LogP contribution is 2.39. The lowest BCUT2D eigenvalue weighted by Gasteiger charge is -2.15. The van der Waals surface area contributed by atoms with Crippen LogP contribution in [0.5, 0.6) is 0 Å². The van der Waals surface area contributed by atoms with E-state index >= 15 is 0 Å². The number of aromatic nitrogens is 2. The predicted molar refractivity (Wildman–Crippen MR) is 127 cm³/mol. The summed E-state index contributed by atoms with van der Waals surface area (Å²) in [6, 6.07) is 16.4. The predicted octanol–water partition coefficient (Wildman–Crippen LogP) is 6.93. The molecule has 0 aliphatic heterocycles. The largest absolute Gasteiger partial charge is 0.449 e. The molecule has 4 aromatic rings. The molecule has 0 unspecified atom stereocenters. The fourth-order valence-corrected chi connectivity index (χ4v) is 4.53. The summed E-state index contributed by atoms with van der Waals surface area (Å²) in [5, 5.41) is 2.81. The Morgan fingerprint density at radius 2 is 1.82 bits per heavy atom. The number of hydrogen-bond donors (Lipinski definition) is 1. The van der Waals surface area contributed by atoms with Crippen LogP contribution in [0.25, 0.3) is 22.7 Å². The molecule has 1 saturated carbocycles. The Balaban J connectivity index is 1.50. The number of carbonyl (C=O) groups excluding carboxylic acids is 1. The molecule has 2 aromatic carbocycles. The molecule has 1 aliphatic rings. The number of rotatable bonds is 5. The topological polar surface area (TPSA) is 60.1 Å². The van der Waals surface area contributed by atoms with E-state index in [2.05, 4.69) is 41.1 Å². The van der Waals surface area contributed by atoms with E-state index < -0.39 is 0 Å². The molecule has 33 heavy (non-hydrogen) atoms. The molecule has 1 aliphatic carbocycles. The van der Waals surface area contributed by atoms with Crippen LogP contribution in [0.15, 0.2) is 65.3 Å². The number of benzene rings is 2. The summed E-state index contributed by atoms with van der Waals surface area (Å²) in [6.45, 7) is 3.81. The second kappa shape index (κ2) is 8.70. The number of aryl methyl sites for hydroxylation is 2. The van der Waals surface area contributed by atoms with Gasteiger partial charge in [0.05, 0.1) is 12.0 Å². The van der Waals surface area contributed by atoms with Gasteiger partial charge in [-0.3, -0.25) is 4.79 Å². The highest BCUT2D eigenvalue weighted by molar-refractivity contribution is 6.03. The van der Waals surface area contributed by atoms with Crippen molar-refractivity contribution in [2.75, 3.05) is 5.32 Å². The second-order valence-corrected chi connectivity index (χ2v) is 8.73. The average molecular weight is 444 g/mol. The van der Waals surface area contributed by atoms with Gasteiger partial charge in [-0.05, 0) is 62.6 Å². The van der Waals surface area contributed by atoms with Crippen LogP contribution in [0.4, 0.5) is 10.1 Å². The molecule has 1 N–H and O–H groups in total.